The predicted molar refractivity (Wildman–Crippen MR) is 82.3 cm³/mol. The molecule has 0 fully saturated rings. The standard InChI is InChI=1S/C15H18N2OS/c1-19-9-8-14(16)15(18)17-13-7-6-11-4-2-3-5-12(11)10-13/h2-7,10,14H,8-9,16H2,1H3,(H,17,18)/p+1/t14-/m0/s1. The number of nitrogens with one attached hydrogen (secondary N) is 1. The van der Waals surface area contributed by atoms with Crippen molar-refractivity contribution in [2.45, 2.75) is 12.5 Å². The summed E-state index contributed by atoms with van der Waals surface area (Å²) >= 11 is 1.74. The van der Waals surface area contributed by atoms with Crippen LogP contribution in [0.15, 0.2) is 42.5 Å². The predicted octanol–water partition coefficient (Wildman–Crippen LogP) is 2.14. The minimum atomic E-state index is -0.195. The lowest BCUT2D eigenvalue weighted by molar-refractivity contribution is -0.402. The molecule has 0 radical (unpaired) electrons. The summed E-state index contributed by atoms with van der Waals surface area (Å²) in [6.45, 7) is 0. The number of fused-ring (bicyclic) bond motifs is 1. The summed E-state index contributed by atoms with van der Waals surface area (Å²) < 4.78 is 0. The number of hydrogen-bond donors (Lipinski definition) is 2. The lowest BCUT2D eigenvalue weighted by Crippen LogP contribution is -2.66. The molecular weight excluding hydrogens is 256 g/mol. The molecule has 0 spiro atoms. The Hall–Kier alpha value is -1.52. The van der Waals surface area contributed by atoms with Crippen molar-refractivity contribution in [3.63, 3.8) is 0 Å². The molecule has 0 aliphatic rings. The third kappa shape index (κ3) is 3.72. The fraction of sp³-hybridized carbons (Fsp3) is 0.267. The molecule has 0 bridgehead atoms. The summed E-state index contributed by atoms with van der Waals surface area (Å²) in [6.07, 6.45) is 2.84. The average molecular weight is 275 g/mol. The van der Waals surface area contributed by atoms with Gasteiger partial charge in [-0.25, -0.2) is 0 Å². The lowest BCUT2D eigenvalue weighted by Gasteiger charge is -2.09. The van der Waals surface area contributed by atoms with E-state index >= 15 is 0 Å². The van der Waals surface area contributed by atoms with Crippen LogP contribution in [0.1, 0.15) is 6.42 Å². The van der Waals surface area contributed by atoms with E-state index in [1.54, 1.807) is 11.8 Å². The van der Waals surface area contributed by atoms with Gasteiger partial charge in [-0.1, -0.05) is 30.3 Å². The van der Waals surface area contributed by atoms with Crippen molar-refractivity contribution in [3.05, 3.63) is 42.5 Å². The number of benzene rings is 2. The molecule has 3 nitrogen and oxygen atoms in total. The van der Waals surface area contributed by atoms with Gasteiger partial charge in [0.2, 0.25) is 0 Å². The Morgan fingerprint density at radius 1 is 1.26 bits per heavy atom. The van der Waals surface area contributed by atoms with Crippen LogP contribution in [0.3, 0.4) is 0 Å². The number of thioether (sulfide) groups is 1. The maximum absolute atomic E-state index is 12.0. The van der Waals surface area contributed by atoms with Gasteiger partial charge in [0.25, 0.3) is 5.91 Å². The molecule has 1 atom stereocenters. The Labute approximate surface area is 117 Å². The van der Waals surface area contributed by atoms with Gasteiger partial charge in [0, 0.05) is 12.1 Å². The highest BCUT2D eigenvalue weighted by molar-refractivity contribution is 7.98. The van der Waals surface area contributed by atoms with E-state index < -0.39 is 0 Å². The number of hydrogen-bond acceptors (Lipinski definition) is 2. The van der Waals surface area contributed by atoms with Crippen LogP contribution >= 0.6 is 11.8 Å². The molecule has 2 aromatic carbocycles. The molecule has 0 saturated carbocycles. The SMILES string of the molecule is CSCC[C@H]([NH3+])C(=O)Nc1ccc2ccccc2c1. The van der Waals surface area contributed by atoms with Crippen LogP contribution in [-0.2, 0) is 4.79 Å². The van der Waals surface area contributed by atoms with Crippen LogP contribution in [0.25, 0.3) is 10.8 Å². The molecule has 0 saturated heterocycles. The van der Waals surface area contributed by atoms with Crippen molar-refractivity contribution < 1.29 is 10.5 Å². The maximum Gasteiger partial charge on any atom is 0.282 e. The molecule has 4 N–H and O–H groups in total. The number of quaternary nitrogens is 1. The first-order valence-electron chi connectivity index (χ1n) is 6.32. The summed E-state index contributed by atoms with van der Waals surface area (Å²) in [4.78, 5) is 12.0. The van der Waals surface area contributed by atoms with Gasteiger partial charge >= 0.3 is 0 Å². The topological polar surface area (TPSA) is 56.7 Å². The lowest BCUT2D eigenvalue weighted by atomic mass is 10.1. The Bertz CT molecular complexity index is 571. The number of carbonyl (C=O) groups excluding carboxylic acids is 1. The highest BCUT2D eigenvalue weighted by atomic mass is 32.2. The van der Waals surface area contributed by atoms with E-state index in [9.17, 15) is 4.79 Å². The molecule has 0 heterocycles. The second-order valence-electron chi connectivity index (χ2n) is 4.53. The molecular formula is C15H19N2OS+. The van der Waals surface area contributed by atoms with E-state index in [4.69, 9.17) is 0 Å². The molecule has 0 aliphatic heterocycles. The van der Waals surface area contributed by atoms with E-state index in [0.29, 0.717) is 0 Å². The van der Waals surface area contributed by atoms with Gasteiger partial charge in [0.1, 0.15) is 0 Å². The minimum Gasteiger partial charge on any atom is -0.347 e. The van der Waals surface area contributed by atoms with E-state index in [2.05, 4.69) is 17.1 Å². The Kier molecular flexibility index (Phi) is 4.82. The van der Waals surface area contributed by atoms with E-state index in [1.807, 2.05) is 42.7 Å². The Balaban J connectivity index is 2.06. The Morgan fingerprint density at radius 3 is 2.74 bits per heavy atom. The fourth-order valence-corrected chi connectivity index (χ4v) is 2.42. The third-order valence-electron chi connectivity index (χ3n) is 3.06. The minimum absolute atomic E-state index is 0.00988. The smallest absolute Gasteiger partial charge is 0.282 e. The number of anilines is 1. The first kappa shape index (κ1) is 13.9. The van der Waals surface area contributed by atoms with Crippen LogP contribution in [0.4, 0.5) is 5.69 Å². The number of rotatable bonds is 5. The maximum atomic E-state index is 12.0. The molecule has 2 aromatic rings. The van der Waals surface area contributed by atoms with Crippen molar-refractivity contribution in [1.29, 1.82) is 0 Å². The van der Waals surface area contributed by atoms with Crippen LogP contribution in [-0.4, -0.2) is 24.0 Å². The zero-order chi connectivity index (χ0) is 13.7. The van der Waals surface area contributed by atoms with E-state index in [-0.39, 0.29) is 11.9 Å². The second kappa shape index (κ2) is 6.59. The summed E-state index contributed by atoms with van der Waals surface area (Å²) in [5.74, 6) is 0.948. The summed E-state index contributed by atoms with van der Waals surface area (Å²) in [6, 6.07) is 13.9. The average Bonchev–Trinajstić information content (AvgIpc) is 2.44. The number of carbonyl (C=O) groups is 1. The van der Waals surface area contributed by atoms with Gasteiger partial charge in [-0.3, -0.25) is 4.79 Å². The van der Waals surface area contributed by atoms with Gasteiger partial charge in [-0.05, 0) is 34.9 Å². The van der Waals surface area contributed by atoms with Gasteiger partial charge in [-0.15, -0.1) is 0 Å². The van der Waals surface area contributed by atoms with Crippen molar-refractivity contribution >= 4 is 34.1 Å². The molecule has 0 aliphatic carbocycles. The molecule has 100 valence electrons. The first-order valence-corrected chi connectivity index (χ1v) is 7.72. The Morgan fingerprint density at radius 2 is 2.00 bits per heavy atom. The molecule has 1 amide bonds. The molecule has 2 rings (SSSR count). The van der Waals surface area contributed by atoms with E-state index in [1.165, 1.54) is 5.39 Å². The first-order chi connectivity index (χ1) is 9.20. The van der Waals surface area contributed by atoms with E-state index in [0.717, 1.165) is 23.2 Å². The normalized spacial score (nSPS) is 12.3. The van der Waals surface area contributed by atoms with Gasteiger partial charge in [-0.2, -0.15) is 11.8 Å². The largest absolute Gasteiger partial charge is 0.347 e. The second-order valence-corrected chi connectivity index (χ2v) is 5.52. The van der Waals surface area contributed by atoms with Gasteiger partial charge in [0.15, 0.2) is 6.04 Å². The summed E-state index contributed by atoms with van der Waals surface area (Å²) in [5.41, 5.74) is 4.74. The van der Waals surface area contributed by atoms with Crippen LogP contribution in [0, 0.1) is 0 Å². The summed E-state index contributed by atoms with van der Waals surface area (Å²) in [7, 11) is 0. The number of amides is 1. The van der Waals surface area contributed by atoms with Crippen LogP contribution in [0.2, 0.25) is 0 Å². The monoisotopic (exact) mass is 275 g/mol. The highest BCUT2D eigenvalue weighted by Gasteiger charge is 2.16. The zero-order valence-corrected chi connectivity index (χ0v) is 11.9. The van der Waals surface area contributed by atoms with Crippen molar-refractivity contribution in [2.75, 3.05) is 17.3 Å². The quantitative estimate of drug-likeness (QED) is 0.878. The molecule has 0 unspecified atom stereocenters. The fourth-order valence-electron chi connectivity index (χ4n) is 1.90. The van der Waals surface area contributed by atoms with Crippen LogP contribution < -0.4 is 11.1 Å². The molecule has 4 heteroatoms. The van der Waals surface area contributed by atoms with Gasteiger partial charge in [0.05, 0.1) is 0 Å². The van der Waals surface area contributed by atoms with Crippen molar-refractivity contribution in [3.8, 4) is 0 Å². The molecule has 0 aromatic heterocycles. The van der Waals surface area contributed by atoms with Gasteiger partial charge < -0.3 is 11.1 Å². The van der Waals surface area contributed by atoms with Crippen molar-refractivity contribution in [1.82, 2.24) is 0 Å². The highest BCUT2D eigenvalue weighted by Crippen LogP contribution is 2.18. The molecule has 19 heavy (non-hydrogen) atoms. The third-order valence-corrected chi connectivity index (χ3v) is 3.70. The summed E-state index contributed by atoms with van der Waals surface area (Å²) in [5, 5.41) is 5.24. The van der Waals surface area contributed by atoms with Crippen molar-refractivity contribution in [2.24, 2.45) is 0 Å². The van der Waals surface area contributed by atoms with Crippen LogP contribution in [0.5, 0.6) is 0 Å². The zero-order valence-electron chi connectivity index (χ0n) is 11.1.